The molecular weight excluding hydrogens is 388 g/mol. The maximum Gasteiger partial charge on any atom is 0.407 e. The fourth-order valence-electron chi connectivity index (χ4n) is 3.38. The van der Waals surface area contributed by atoms with E-state index in [9.17, 15) is 14.4 Å². The molecule has 30 heavy (non-hydrogen) atoms. The molecule has 1 fully saturated rings. The van der Waals surface area contributed by atoms with Gasteiger partial charge in [0.15, 0.2) is 0 Å². The summed E-state index contributed by atoms with van der Waals surface area (Å²) in [6.45, 7) is 17.0. The molecule has 0 aromatic heterocycles. The summed E-state index contributed by atoms with van der Waals surface area (Å²) >= 11 is 0. The highest BCUT2D eigenvalue weighted by Gasteiger charge is 2.44. The van der Waals surface area contributed by atoms with Gasteiger partial charge in [0.1, 0.15) is 12.7 Å². The zero-order valence-corrected chi connectivity index (χ0v) is 19.4. The van der Waals surface area contributed by atoms with Gasteiger partial charge in [0.25, 0.3) is 0 Å². The van der Waals surface area contributed by atoms with Crippen LogP contribution in [0.3, 0.4) is 0 Å². The summed E-state index contributed by atoms with van der Waals surface area (Å²) in [5.41, 5.74) is 0.0202. The van der Waals surface area contributed by atoms with Crippen LogP contribution in [0.15, 0.2) is 12.2 Å². The third kappa shape index (κ3) is 8.63. The number of hydrogen-bond acceptors (Lipinski definition) is 6. The molecule has 0 bridgehead atoms. The van der Waals surface area contributed by atoms with E-state index in [2.05, 4.69) is 31.1 Å². The van der Waals surface area contributed by atoms with E-state index in [4.69, 9.17) is 14.2 Å². The van der Waals surface area contributed by atoms with Crippen LogP contribution in [0.2, 0.25) is 0 Å². The van der Waals surface area contributed by atoms with Crippen molar-refractivity contribution in [3.63, 3.8) is 0 Å². The van der Waals surface area contributed by atoms with Crippen molar-refractivity contribution < 1.29 is 28.6 Å². The second kappa shape index (κ2) is 10.7. The van der Waals surface area contributed by atoms with Gasteiger partial charge in [-0.15, -0.1) is 0 Å². The monoisotopic (exact) mass is 426 g/mol. The molecule has 8 nitrogen and oxygen atoms in total. The number of rotatable bonds is 8. The fraction of sp³-hybridized carbons (Fsp3) is 0.773. The van der Waals surface area contributed by atoms with E-state index in [0.717, 1.165) is 19.3 Å². The van der Waals surface area contributed by atoms with E-state index in [1.165, 1.54) is 0 Å². The van der Waals surface area contributed by atoms with Crippen LogP contribution in [0.25, 0.3) is 0 Å². The minimum Gasteiger partial charge on any atom is -0.458 e. The number of alkyl carbamates (subject to hydrolysis) is 2. The summed E-state index contributed by atoms with van der Waals surface area (Å²) in [6, 6.07) is -0.151. The number of hydrogen-bond donors (Lipinski definition) is 2. The van der Waals surface area contributed by atoms with E-state index in [-0.39, 0.29) is 35.2 Å². The van der Waals surface area contributed by atoms with Crippen molar-refractivity contribution in [1.82, 2.24) is 10.6 Å². The third-order valence-electron chi connectivity index (χ3n) is 5.35. The molecule has 0 radical (unpaired) electrons. The molecule has 1 saturated carbocycles. The SMILES string of the molecule is C=C(C)C(=O)OCC(C)OC(=O)NCC1(C)CCC(C)(C)CC1NC(=O)OC(C)C. The quantitative estimate of drug-likeness (QED) is 0.346. The summed E-state index contributed by atoms with van der Waals surface area (Å²) < 4.78 is 15.5. The van der Waals surface area contributed by atoms with Crippen molar-refractivity contribution in [2.75, 3.05) is 13.2 Å². The molecule has 0 aliphatic heterocycles. The molecule has 0 saturated heterocycles. The summed E-state index contributed by atoms with van der Waals surface area (Å²) in [6.07, 6.45) is 0.741. The first-order valence-electron chi connectivity index (χ1n) is 10.5. The predicted molar refractivity (Wildman–Crippen MR) is 114 cm³/mol. The maximum absolute atomic E-state index is 12.2. The first-order valence-corrected chi connectivity index (χ1v) is 10.5. The van der Waals surface area contributed by atoms with Crippen molar-refractivity contribution in [2.24, 2.45) is 10.8 Å². The van der Waals surface area contributed by atoms with Crippen LogP contribution in [0.4, 0.5) is 9.59 Å². The lowest BCUT2D eigenvalue weighted by Crippen LogP contribution is -2.56. The fourth-order valence-corrected chi connectivity index (χ4v) is 3.38. The smallest absolute Gasteiger partial charge is 0.407 e. The first-order chi connectivity index (χ1) is 13.7. The number of amides is 2. The van der Waals surface area contributed by atoms with Gasteiger partial charge in [-0.25, -0.2) is 14.4 Å². The third-order valence-corrected chi connectivity index (χ3v) is 5.35. The molecule has 2 N–H and O–H groups in total. The van der Waals surface area contributed by atoms with Gasteiger partial charge >= 0.3 is 18.2 Å². The lowest BCUT2D eigenvalue weighted by Gasteiger charge is -2.47. The molecule has 0 spiro atoms. The molecular formula is C22H38N2O6. The first kappa shape index (κ1) is 25.8. The Hall–Kier alpha value is -2.25. The minimum absolute atomic E-state index is 0.0458. The number of esters is 1. The second-order valence-corrected chi connectivity index (χ2v) is 9.62. The van der Waals surface area contributed by atoms with Gasteiger partial charge < -0.3 is 24.8 Å². The van der Waals surface area contributed by atoms with E-state index in [1.807, 2.05) is 6.92 Å². The summed E-state index contributed by atoms with van der Waals surface area (Å²) in [7, 11) is 0. The highest BCUT2D eigenvalue weighted by Crippen LogP contribution is 2.44. The Labute approximate surface area is 180 Å². The number of ether oxygens (including phenoxy) is 3. The molecule has 3 unspecified atom stereocenters. The molecule has 1 aliphatic carbocycles. The van der Waals surface area contributed by atoms with Crippen LogP contribution in [-0.2, 0) is 19.0 Å². The van der Waals surface area contributed by atoms with Gasteiger partial charge in [0, 0.05) is 23.6 Å². The van der Waals surface area contributed by atoms with Gasteiger partial charge in [-0.1, -0.05) is 27.4 Å². The number of nitrogens with one attached hydrogen (secondary N) is 2. The Bertz CT molecular complexity index is 646. The zero-order valence-electron chi connectivity index (χ0n) is 19.4. The molecule has 2 amide bonds. The molecule has 172 valence electrons. The van der Waals surface area contributed by atoms with Gasteiger partial charge in [0.2, 0.25) is 0 Å². The highest BCUT2D eigenvalue weighted by atomic mass is 16.6. The Morgan fingerprint density at radius 1 is 1.07 bits per heavy atom. The standard InChI is InChI=1S/C22H38N2O6/c1-14(2)18(25)28-12-16(5)30-19(26)23-13-22(8)10-9-21(6,7)11-17(22)24-20(27)29-15(3)4/h15-17H,1,9-13H2,2-8H3,(H,23,26)(H,24,27). The van der Waals surface area contributed by atoms with Crippen LogP contribution >= 0.6 is 0 Å². The van der Waals surface area contributed by atoms with Gasteiger partial charge in [-0.2, -0.15) is 0 Å². The summed E-state index contributed by atoms with van der Waals surface area (Å²) in [4.78, 5) is 35.8. The van der Waals surface area contributed by atoms with Crippen molar-refractivity contribution in [3.05, 3.63) is 12.2 Å². The van der Waals surface area contributed by atoms with Gasteiger partial charge in [-0.05, 0) is 52.4 Å². The predicted octanol–water partition coefficient (Wildman–Crippen LogP) is 3.94. The van der Waals surface area contributed by atoms with Gasteiger partial charge in [0.05, 0.1) is 6.10 Å². The molecule has 0 heterocycles. The minimum atomic E-state index is -0.596. The van der Waals surface area contributed by atoms with E-state index >= 15 is 0 Å². The highest BCUT2D eigenvalue weighted by molar-refractivity contribution is 5.86. The second-order valence-electron chi connectivity index (χ2n) is 9.62. The lowest BCUT2D eigenvalue weighted by molar-refractivity contribution is -0.141. The maximum atomic E-state index is 12.2. The molecule has 3 atom stereocenters. The van der Waals surface area contributed by atoms with Crippen LogP contribution < -0.4 is 10.6 Å². The van der Waals surface area contributed by atoms with Gasteiger partial charge in [-0.3, -0.25) is 0 Å². The Kier molecular flexibility index (Phi) is 9.18. The largest absolute Gasteiger partial charge is 0.458 e. The number of carbonyl (C=O) groups is 3. The van der Waals surface area contributed by atoms with E-state index < -0.39 is 24.3 Å². The molecule has 8 heteroatoms. The van der Waals surface area contributed by atoms with Crippen molar-refractivity contribution in [3.8, 4) is 0 Å². The lowest BCUT2D eigenvalue weighted by atomic mass is 9.63. The Morgan fingerprint density at radius 2 is 1.70 bits per heavy atom. The molecule has 0 aromatic carbocycles. The molecule has 1 aliphatic rings. The normalized spacial score (nSPS) is 23.8. The molecule has 1 rings (SSSR count). The van der Waals surface area contributed by atoms with Crippen molar-refractivity contribution >= 4 is 18.2 Å². The Balaban J connectivity index is 2.63. The van der Waals surface area contributed by atoms with E-state index in [0.29, 0.717) is 6.54 Å². The average molecular weight is 427 g/mol. The van der Waals surface area contributed by atoms with E-state index in [1.54, 1.807) is 27.7 Å². The topological polar surface area (TPSA) is 103 Å². The summed E-state index contributed by atoms with van der Waals surface area (Å²) in [5.74, 6) is -0.523. The zero-order chi connectivity index (χ0) is 23.1. The average Bonchev–Trinajstić information content (AvgIpc) is 2.60. The van der Waals surface area contributed by atoms with Crippen molar-refractivity contribution in [1.29, 1.82) is 0 Å². The van der Waals surface area contributed by atoms with Crippen molar-refractivity contribution in [2.45, 2.75) is 86.0 Å². The van der Waals surface area contributed by atoms with Crippen LogP contribution in [0, 0.1) is 10.8 Å². The van der Waals surface area contributed by atoms with Crippen LogP contribution in [0.5, 0.6) is 0 Å². The molecule has 0 aromatic rings. The van der Waals surface area contributed by atoms with Crippen LogP contribution in [-0.4, -0.2) is 49.6 Å². The number of carbonyl (C=O) groups excluding carboxylic acids is 3. The van der Waals surface area contributed by atoms with Crippen LogP contribution in [0.1, 0.15) is 67.7 Å². The summed E-state index contributed by atoms with van der Waals surface area (Å²) in [5, 5.41) is 5.78. The Morgan fingerprint density at radius 3 is 2.27 bits per heavy atom.